The quantitative estimate of drug-likeness (QED) is 0.562. The highest BCUT2D eigenvalue weighted by molar-refractivity contribution is 5.84. The zero-order valence-electron chi connectivity index (χ0n) is 9.51. The van der Waals surface area contributed by atoms with Crippen molar-refractivity contribution in [3.8, 4) is 0 Å². The molecule has 0 rings (SSSR count). The summed E-state index contributed by atoms with van der Waals surface area (Å²) in [7, 11) is 0. The lowest BCUT2D eigenvalue weighted by Crippen LogP contribution is -2.49. The summed E-state index contributed by atoms with van der Waals surface area (Å²) >= 11 is 0. The third-order valence-corrected chi connectivity index (χ3v) is 2.02. The van der Waals surface area contributed by atoms with E-state index < -0.39 is 6.04 Å². The highest BCUT2D eigenvalue weighted by Crippen LogP contribution is 1.93. The Kier molecular flexibility index (Phi) is 7.62. The number of nitrogens with two attached hydrogens (primary N) is 1. The first-order valence-electron chi connectivity index (χ1n) is 5.46. The van der Waals surface area contributed by atoms with Crippen LogP contribution in [0.1, 0.15) is 46.0 Å². The van der Waals surface area contributed by atoms with Gasteiger partial charge in [-0.3, -0.25) is 20.4 Å². The van der Waals surface area contributed by atoms with Gasteiger partial charge in [0.25, 0.3) is 5.91 Å². The Morgan fingerprint density at radius 3 is 2.40 bits per heavy atom. The Morgan fingerprint density at radius 2 is 1.87 bits per heavy atom. The van der Waals surface area contributed by atoms with Crippen LogP contribution in [0.2, 0.25) is 0 Å². The predicted molar refractivity (Wildman–Crippen MR) is 58.7 cm³/mol. The minimum Gasteiger partial charge on any atom is -0.320 e. The minimum atomic E-state index is -0.540. The van der Waals surface area contributed by atoms with Crippen LogP contribution in [0, 0.1) is 0 Å². The second-order valence-corrected chi connectivity index (χ2v) is 3.54. The van der Waals surface area contributed by atoms with Crippen LogP contribution >= 0.6 is 0 Å². The molecule has 1 atom stereocenters. The zero-order valence-corrected chi connectivity index (χ0v) is 9.51. The van der Waals surface area contributed by atoms with Gasteiger partial charge in [0.05, 0.1) is 6.04 Å². The van der Waals surface area contributed by atoms with Gasteiger partial charge in [-0.15, -0.1) is 0 Å². The Bertz CT molecular complexity index is 207. The Hall–Kier alpha value is -1.10. The summed E-state index contributed by atoms with van der Waals surface area (Å²) in [5.41, 5.74) is 10.2. The average Bonchev–Trinajstić information content (AvgIpc) is 2.23. The Balaban J connectivity index is 3.65. The van der Waals surface area contributed by atoms with E-state index in [9.17, 15) is 9.59 Å². The van der Waals surface area contributed by atoms with Gasteiger partial charge in [0.2, 0.25) is 5.91 Å². The number of carbonyl (C=O) groups excluding carboxylic acids is 2. The van der Waals surface area contributed by atoms with Crippen molar-refractivity contribution in [1.29, 1.82) is 0 Å². The molecule has 5 heteroatoms. The second-order valence-electron chi connectivity index (χ2n) is 3.54. The van der Waals surface area contributed by atoms with E-state index >= 15 is 0 Å². The maximum atomic E-state index is 11.3. The van der Waals surface area contributed by atoms with Gasteiger partial charge in [-0.25, -0.2) is 0 Å². The zero-order chi connectivity index (χ0) is 11.7. The Morgan fingerprint density at radius 1 is 1.20 bits per heavy atom. The highest BCUT2D eigenvalue weighted by Gasteiger charge is 2.12. The molecule has 5 nitrogen and oxygen atoms in total. The first kappa shape index (κ1) is 13.9. The van der Waals surface area contributed by atoms with E-state index in [-0.39, 0.29) is 11.8 Å². The molecule has 0 aromatic carbocycles. The third kappa shape index (κ3) is 6.90. The van der Waals surface area contributed by atoms with Crippen LogP contribution in [-0.2, 0) is 9.59 Å². The van der Waals surface area contributed by atoms with Crippen LogP contribution in [0.3, 0.4) is 0 Å². The van der Waals surface area contributed by atoms with Crippen molar-refractivity contribution in [1.82, 2.24) is 10.9 Å². The molecule has 0 saturated carbocycles. The first-order valence-corrected chi connectivity index (χ1v) is 5.46. The molecular formula is C10H21N3O2. The molecule has 0 aromatic rings. The number of rotatable bonds is 6. The summed E-state index contributed by atoms with van der Waals surface area (Å²) in [4.78, 5) is 22.4. The lowest BCUT2D eigenvalue weighted by atomic mass is 10.2. The maximum Gasteiger partial charge on any atom is 0.255 e. The molecule has 0 unspecified atom stereocenters. The van der Waals surface area contributed by atoms with Crippen molar-refractivity contribution in [2.45, 2.75) is 52.0 Å². The molecule has 0 aliphatic carbocycles. The van der Waals surface area contributed by atoms with Gasteiger partial charge in [0.15, 0.2) is 0 Å². The standard InChI is InChI=1S/C10H21N3O2/c1-3-5-7-9(14)12-13-10(15)8(11)6-4-2/h8H,3-7,11H2,1-2H3,(H,12,14)(H,13,15)/t8-/m1/s1. The van der Waals surface area contributed by atoms with Crippen molar-refractivity contribution < 1.29 is 9.59 Å². The summed E-state index contributed by atoms with van der Waals surface area (Å²) in [6.07, 6.45) is 3.67. The molecule has 0 heterocycles. The number of hydrogen-bond donors (Lipinski definition) is 3. The highest BCUT2D eigenvalue weighted by atomic mass is 16.2. The number of unbranched alkanes of at least 4 members (excludes halogenated alkanes) is 1. The second kappa shape index (κ2) is 8.23. The van der Waals surface area contributed by atoms with Crippen molar-refractivity contribution >= 4 is 11.8 Å². The summed E-state index contributed by atoms with van der Waals surface area (Å²) in [5, 5.41) is 0. The normalized spacial score (nSPS) is 11.9. The third-order valence-electron chi connectivity index (χ3n) is 2.02. The van der Waals surface area contributed by atoms with Crippen LogP contribution in [-0.4, -0.2) is 17.9 Å². The van der Waals surface area contributed by atoms with Gasteiger partial charge in [0, 0.05) is 6.42 Å². The van der Waals surface area contributed by atoms with Crippen molar-refractivity contribution in [2.75, 3.05) is 0 Å². The first-order chi connectivity index (χ1) is 7.11. The molecule has 0 fully saturated rings. The number of carbonyl (C=O) groups is 2. The largest absolute Gasteiger partial charge is 0.320 e. The van der Waals surface area contributed by atoms with Gasteiger partial charge in [-0.05, 0) is 12.8 Å². The lowest BCUT2D eigenvalue weighted by Gasteiger charge is -2.11. The summed E-state index contributed by atoms with van der Waals surface area (Å²) in [6.45, 7) is 3.95. The average molecular weight is 215 g/mol. The molecule has 2 amide bonds. The molecule has 0 aliphatic rings. The van der Waals surface area contributed by atoms with E-state index in [4.69, 9.17) is 5.73 Å². The van der Waals surface area contributed by atoms with E-state index in [1.165, 1.54) is 0 Å². The molecule has 0 aliphatic heterocycles. The number of amides is 2. The molecular weight excluding hydrogens is 194 g/mol. The van der Waals surface area contributed by atoms with Gasteiger partial charge in [0.1, 0.15) is 0 Å². The molecule has 0 aromatic heterocycles. The van der Waals surface area contributed by atoms with E-state index in [0.29, 0.717) is 12.8 Å². The summed E-state index contributed by atoms with van der Waals surface area (Å²) < 4.78 is 0. The van der Waals surface area contributed by atoms with Gasteiger partial charge >= 0.3 is 0 Å². The molecule has 0 spiro atoms. The Labute approximate surface area is 90.8 Å². The number of nitrogens with one attached hydrogen (secondary N) is 2. The monoisotopic (exact) mass is 215 g/mol. The lowest BCUT2D eigenvalue weighted by molar-refractivity contribution is -0.129. The fourth-order valence-electron chi connectivity index (χ4n) is 1.07. The van der Waals surface area contributed by atoms with Crippen LogP contribution < -0.4 is 16.6 Å². The number of hydrogen-bond acceptors (Lipinski definition) is 3. The molecule has 4 N–H and O–H groups in total. The van der Waals surface area contributed by atoms with Gasteiger partial charge in [-0.1, -0.05) is 26.7 Å². The fourth-order valence-corrected chi connectivity index (χ4v) is 1.07. The molecule has 88 valence electrons. The van der Waals surface area contributed by atoms with Crippen LogP contribution in [0.15, 0.2) is 0 Å². The molecule has 0 radical (unpaired) electrons. The van der Waals surface area contributed by atoms with Crippen molar-refractivity contribution in [3.05, 3.63) is 0 Å². The van der Waals surface area contributed by atoms with E-state index in [1.807, 2.05) is 13.8 Å². The molecule has 0 bridgehead atoms. The minimum absolute atomic E-state index is 0.172. The van der Waals surface area contributed by atoms with E-state index in [0.717, 1.165) is 19.3 Å². The molecule has 15 heavy (non-hydrogen) atoms. The van der Waals surface area contributed by atoms with Crippen LogP contribution in [0.4, 0.5) is 0 Å². The van der Waals surface area contributed by atoms with E-state index in [2.05, 4.69) is 10.9 Å². The smallest absolute Gasteiger partial charge is 0.255 e. The topological polar surface area (TPSA) is 84.2 Å². The predicted octanol–water partition coefficient (Wildman–Crippen LogP) is 0.451. The summed E-state index contributed by atoms with van der Waals surface area (Å²) in [6, 6.07) is -0.540. The SMILES string of the molecule is CCCCC(=O)NNC(=O)[C@H](N)CCC. The fraction of sp³-hybridized carbons (Fsp3) is 0.800. The molecule has 0 saturated heterocycles. The summed E-state index contributed by atoms with van der Waals surface area (Å²) in [5.74, 6) is -0.504. The van der Waals surface area contributed by atoms with Crippen LogP contribution in [0.5, 0.6) is 0 Å². The van der Waals surface area contributed by atoms with Crippen LogP contribution in [0.25, 0.3) is 0 Å². The van der Waals surface area contributed by atoms with Crippen molar-refractivity contribution in [3.63, 3.8) is 0 Å². The van der Waals surface area contributed by atoms with Gasteiger partial charge in [-0.2, -0.15) is 0 Å². The van der Waals surface area contributed by atoms with Gasteiger partial charge < -0.3 is 5.73 Å². The number of hydrazine groups is 1. The maximum absolute atomic E-state index is 11.3. The van der Waals surface area contributed by atoms with Crippen molar-refractivity contribution in [2.24, 2.45) is 5.73 Å². The van der Waals surface area contributed by atoms with E-state index in [1.54, 1.807) is 0 Å².